The number of fused-ring (bicyclic) bond motifs is 1. The number of aliphatic hydroxyl groups excluding tert-OH is 2. The van der Waals surface area contributed by atoms with Crippen molar-refractivity contribution < 1.29 is 19.7 Å². The highest BCUT2D eigenvalue weighted by Crippen LogP contribution is 2.46. The summed E-state index contributed by atoms with van der Waals surface area (Å²) in [4.78, 5) is 0. The van der Waals surface area contributed by atoms with Gasteiger partial charge in [0.2, 0.25) is 0 Å². The third-order valence-electron chi connectivity index (χ3n) is 3.92. The Morgan fingerprint density at radius 1 is 1.35 bits per heavy atom. The second-order valence-corrected chi connectivity index (χ2v) is 5.01. The van der Waals surface area contributed by atoms with Gasteiger partial charge in [0.1, 0.15) is 24.4 Å². The van der Waals surface area contributed by atoms with E-state index >= 15 is 0 Å². The predicted molar refractivity (Wildman–Crippen MR) is 61.5 cm³/mol. The Kier molecular flexibility index (Phi) is 2.63. The van der Waals surface area contributed by atoms with Gasteiger partial charge in [0.15, 0.2) is 0 Å². The molecule has 4 nitrogen and oxygen atoms in total. The Labute approximate surface area is 101 Å². The number of aliphatic hydroxyl groups is 2. The maximum atomic E-state index is 10.3. The average molecular weight is 238 g/mol. The van der Waals surface area contributed by atoms with E-state index in [4.69, 9.17) is 9.47 Å². The Hall–Kier alpha value is -0.680. The Bertz CT molecular complexity index is 387. The molecule has 1 saturated heterocycles. The topological polar surface area (TPSA) is 62.2 Å². The molecule has 2 N–H and O–H groups in total. The van der Waals surface area contributed by atoms with E-state index in [-0.39, 0.29) is 18.3 Å². The molecule has 0 bridgehead atoms. The smallest absolute Gasteiger partial charge is 0.119 e. The molecule has 0 spiro atoms. The summed E-state index contributed by atoms with van der Waals surface area (Å²) in [6, 6.07) is 0. The minimum atomic E-state index is -0.726. The van der Waals surface area contributed by atoms with Gasteiger partial charge >= 0.3 is 0 Å². The lowest BCUT2D eigenvalue weighted by Crippen LogP contribution is -2.44. The van der Waals surface area contributed by atoms with Gasteiger partial charge in [-0.2, -0.15) is 0 Å². The highest BCUT2D eigenvalue weighted by atomic mass is 16.6. The lowest BCUT2D eigenvalue weighted by atomic mass is 9.80. The fourth-order valence-corrected chi connectivity index (χ4v) is 2.89. The third-order valence-corrected chi connectivity index (χ3v) is 3.92. The summed E-state index contributed by atoms with van der Waals surface area (Å²) in [7, 11) is 0. The van der Waals surface area contributed by atoms with Crippen LogP contribution in [-0.4, -0.2) is 47.3 Å². The normalized spacial score (nSPS) is 44.4. The number of hydrogen-bond acceptors (Lipinski definition) is 4. The van der Waals surface area contributed by atoms with Crippen molar-refractivity contribution >= 4 is 0 Å². The first-order chi connectivity index (χ1) is 8.15. The first-order valence-corrected chi connectivity index (χ1v) is 6.20. The van der Waals surface area contributed by atoms with E-state index in [2.05, 4.69) is 13.5 Å². The van der Waals surface area contributed by atoms with Crippen molar-refractivity contribution in [1.29, 1.82) is 0 Å². The Morgan fingerprint density at radius 3 is 2.82 bits per heavy atom. The van der Waals surface area contributed by atoms with Crippen LogP contribution in [0, 0.1) is 0 Å². The lowest BCUT2D eigenvalue weighted by Gasteiger charge is -2.36. The predicted octanol–water partition coefficient (Wildman–Crippen LogP) is 0.541. The number of ether oxygens (including phenoxy) is 2. The number of rotatable bonds is 2. The summed E-state index contributed by atoms with van der Waals surface area (Å²) in [6.45, 7) is 6.46. The Morgan fingerprint density at radius 2 is 2.12 bits per heavy atom. The molecule has 2 heterocycles. The molecule has 4 heteroatoms. The fourth-order valence-electron chi connectivity index (χ4n) is 2.89. The zero-order valence-electron chi connectivity index (χ0n) is 9.93. The van der Waals surface area contributed by atoms with Crippen molar-refractivity contribution in [2.45, 2.75) is 50.3 Å². The maximum Gasteiger partial charge on any atom is 0.119 e. The van der Waals surface area contributed by atoms with Gasteiger partial charge in [0, 0.05) is 0 Å². The molecule has 3 rings (SSSR count). The van der Waals surface area contributed by atoms with E-state index in [0.29, 0.717) is 12.2 Å². The average Bonchev–Trinajstić information content (AvgIpc) is 3.09. The van der Waals surface area contributed by atoms with Crippen LogP contribution in [0.1, 0.15) is 19.8 Å². The second kappa shape index (κ2) is 3.92. The molecule has 0 aromatic rings. The monoisotopic (exact) mass is 238 g/mol. The molecule has 1 fully saturated rings. The van der Waals surface area contributed by atoms with E-state index in [1.165, 1.54) is 0 Å². The summed E-state index contributed by atoms with van der Waals surface area (Å²) in [6.07, 6.45) is -0.153. The van der Waals surface area contributed by atoms with Gasteiger partial charge in [-0.3, -0.25) is 0 Å². The van der Waals surface area contributed by atoms with Crippen LogP contribution in [0.15, 0.2) is 23.3 Å². The van der Waals surface area contributed by atoms with Gasteiger partial charge in [-0.05, 0) is 23.1 Å². The van der Waals surface area contributed by atoms with Gasteiger partial charge in [-0.25, -0.2) is 0 Å². The molecule has 2 aliphatic heterocycles. The second-order valence-electron chi connectivity index (χ2n) is 5.01. The highest BCUT2D eigenvalue weighted by Gasteiger charge is 2.55. The molecule has 2 unspecified atom stereocenters. The summed E-state index contributed by atoms with van der Waals surface area (Å²) in [5.74, 6) is 0. The molecule has 0 aromatic carbocycles. The molecule has 0 amide bonds. The zero-order chi connectivity index (χ0) is 12.2. The fraction of sp³-hybridized carbons (Fsp3) is 0.692. The summed E-state index contributed by atoms with van der Waals surface area (Å²) < 4.78 is 11.0. The van der Waals surface area contributed by atoms with Gasteiger partial charge in [0.05, 0.1) is 12.7 Å². The van der Waals surface area contributed by atoms with E-state index in [9.17, 15) is 10.2 Å². The quantitative estimate of drug-likeness (QED) is 0.689. The first kappa shape index (κ1) is 11.4. The minimum Gasteiger partial charge on any atom is -0.386 e. The molecule has 1 aliphatic carbocycles. The molecule has 0 aromatic heterocycles. The van der Waals surface area contributed by atoms with Gasteiger partial charge < -0.3 is 19.7 Å². The van der Waals surface area contributed by atoms with Crippen molar-refractivity contribution in [3.05, 3.63) is 23.3 Å². The van der Waals surface area contributed by atoms with Crippen LogP contribution in [0.25, 0.3) is 0 Å². The van der Waals surface area contributed by atoms with Gasteiger partial charge in [-0.1, -0.05) is 19.9 Å². The molecule has 0 radical (unpaired) electrons. The van der Waals surface area contributed by atoms with Crippen LogP contribution >= 0.6 is 0 Å². The molecule has 94 valence electrons. The van der Waals surface area contributed by atoms with E-state index in [1.54, 1.807) is 0 Å². The van der Waals surface area contributed by atoms with Gasteiger partial charge in [-0.15, -0.1) is 0 Å². The van der Waals surface area contributed by atoms with Crippen LogP contribution in [-0.2, 0) is 9.47 Å². The van der Waals surface area contributed by atoms with Crippen LogP contribution < -0.4 is 0 Å². The SMILES string of the molecule is C=C1C2=C([C@H](O)C3OC13)[C@H](O)[C@@H](CCC)OC2. The van der Waals surface area contributed by atoms with Crippen LogP contribution in [0.4, 0.5) is 0 Å². The lowest BCUT2D eigenvalue weighted by molar-refractivity contribution is -0.0425. The van der Waals surface area contributed by atoms with Crippen LogP contribution in [0.2, 0.25) is 0 Å². The third kappa shape index (κ3) is 1.59. The van der Waals surface area contributed by atoms with Crippen LogP contribution in [0.3, 0.4) is 0 Å². The summed E-state index contributed by atoms with van der Waals surface area (Å²) >= 11 is 0. The molecular formula is C13H18O4. The largest absolute Gasteiger partial charge is 0.386 e. The van der Waals surface area contributed by atoms with Crippen molar-refractivity contribution in [2.24, 2.45) is 0 Å². The Balaban J connectivity index is 1.92. The summed E-state index contributed by atoms with van der Waals surface area (Å²) in [5.41, 5.74) is 2.40. The van der Waals surface area contributed by atoms with E-state index in [1.807, 2.05) is 0 Å². The van der Waals surface area contributed by atoms with Crippen molar-refractivity contribution in [1.82, 2.24) is 0 Å². The summed E-state index contributed by atoms with van der Waals surface area (Å²) in [5, 5.41) is 20.4. The number of epoxide rings is 1. The molecule has 5 atom stereocenters. The molecular weight excluding hydrogens is 220 g/mol. The minimum absolute atomic E-state index is 0.0673. The standard InChI is InChI=1S/C13H18O4/c1-3-4-8-10(14)9-7(5-16-8)6(2)12-13(17-12)11(9)15/h8,10-15H,2-5H2,1H3/t8-,10-,11+,12?,13?/m1/s1. The number of hydrogen-bond donors (Lipinski definition) is 2. The van der Waals surface area contributed by atoms with Crippen molar-refractivity contribution in [3.63, 3.8) is 0 Å². The molecule has 3 aliphatic rings. The molecule has 0 saturated carbocycles. The highest BCUT2D eigenvalue weighted by molar-refractivity contribution is 5.49. The van der Waals surface area contributed by atoms with E-state index < -0.39 is 12.2 Å². The van der Waals surface area contributed by atoms with Crippen LogP contribution in [0.5, 0.6) is 0 Å². The van der Waals surface area contributed by atoms with E-state index in [0.717, 1.165) is 24.0 Å². The van der Waals surface area contributed by atoms with Crippen molar-refractivity contribution in [2.75, 3.05) is 6.61 Å². The first-order valence-electron chi connectivity index (χ1n) is 6.20. The maximum absolute atomic E-state index is 10.3. The zero-order valence-corrected chi connectivity index (χ0v) is 9.93. The van der Waals surface area contributed by atoms with Gasteiger partial charge in [0.25, 0.3) is 0 Å². The van der Waals surface area contributed by atoms with Crippen molar-refractivity contribution in [3.8, 4) is 0 Å². The molecule has 17 heavy (non-hydrogen) atoms.